The number of hydrogen-bond donors (Lipinski definition) is 3. The lowest BCUT2D eigenvalue weighted by Gasteiger charge is -2.09. The van der Waals surface area contributed by atoms with Crippen molar-refractivity contribution in [3.05, 3.63) is 70.7 Å². The van der Waals surface area contributed by atoms with E-state index in [2.05, 4.69) is 27.7 Å². The fourth-order valence-electron chi connectivity index (χ4n) is 2.07. The van der Waals surface area contributed by atoms with Gasteiger partial charge in [0.1, 0.15) is 5.75 Å². The van der Waals surface area contributed by atoms with Gasteiger partial charge in [0, 0.05) is 11.6 Å². The van der Waals surface area contributed by atoms with E-state index >= 15 is 0 Å². The van der Waals surface area contributed by atoms with Gasteiger partial charge in [0.05, 0.1) is 16.9 Å². The van der Waals surface area contributed by atoms with Gasteiger partial charge in [0.25, 0.3) is 5.91 Å². The van der Waals surface area contributed by atoms with Crippen LogP contribution in [0, 0.1) is 0 Å². The summed E-state index contributed by atoms with van der Waals surface area (Å²) in [6, 6.07) is 11.4. The molecule has 0 bridgehead atoms. The summed E-state index contributed by atoms with van der Waals surface area (Å²) in [4.78, 5) is 35.0. The van der Waals surface area contributed by atoms with Crippen molar-refractivity contribution < 1.29 is 19.1 Å². The molecule has 0 atom stereocenters. The molecule has 10 heteroatoms. The summed E-state index contributed by atoms with van der Waals surface area (Å²) in [5.74, 6) is -1.73. The molecule has 2 aromatic carbocycles. The van der Waals surface area contributed by atoms with Crippen LogP contribution in [0.25, 0.3) is 0 Å². The average molecular weight is 449 g/mol. The molecule has 8 nitrogen and oxygen atoms in total. The molecule has 0 fully saturated rings. The highest BCUT2D eigenvalue weighted by molar-refractivity contribution is 6.36. The number of hydrogen-bond acceptors (Lipinski definition) is 5. The van der Waals surface area contributed by atoms with E-state index in [0.29, 0.717) is 27.0 Å². The zero-order valence-corrected chi connectivity index (χ0v) is 17.2. The van der Waals surface area contributed by atoms with E-state index in [-0.39, 0.29) is 13.2 Å². The molecule has 0 saturated carbocycles. The molecule has 0 radical (unpaired) electrons. The van der Waals surface area contributed by atoms with Crippen molar-refractivity contribution >= 4 is 52.8 Å². The van der Waals surface area contributed by atoms with E-state index in [1.807, 2.05) is 0 Å². The molecule has 3 N–H and O–H groups in total. The minimum Gasteiger partial charge on any atom is -0.484 e. The molecule has 0 heterocycles. The summed E-state index contributed by atoms with van der Waals surface area (Å²) in [7, 11) is 0. The Morgan fingerprint density at radius 3 is 2.63 bits per heavy atom. The lowest BCUT2D eigenvalue weighted by atomic mass is 10.2. The predicted octanol–water partition coefficient (Wildman–Crippen LogP) is 2.76. The summed E-state index contributed by atoms with van der Waals surface area (Å²) in [5, 5.41) is 9.43. The van der Waals surface area contributed by atoms with Crippen LogP contribution in [0.15, 0.2) is 60.2 Å². The summed E-state index contributed by atoms with van der Waals surface area (Å²) in [5.41, 5.74) is 3.11. The normalized spacial score (nSPS) is 10.3. The number of amides is 3. The van der Waals surface area contributed by atoms with Gasteiger partial charge in [-0.2, -0.15) is 5.10 Å². The number of carbonyl (C=O) groups is 3. The van der Waals surface area contributed by atoms with Gasteiger partial charge in [-0.15, -0.1) is 6.58 Å². The Balaban J connectivity index is 1.86. The first-order valence-corrected chi connectivity index (χ1v) is 9.34. The summed E-state index contributed by atoms with van der Waals surface area (Å²) < 4.78 is 5.45. The fourth-order valence-corrected chi connectivity index (χ4v) is 2.53. The number of ether oxygens (including phenoxy) is 1. The molecule has 2 rings (SSSR count). The SMILES string of the molecule is C=CCNC(=O)C(=O)N/N=C\c1cccc(OCC(=O)Nc2ccc(Cl)cc2Cl)c1. The van der Waals surface area contributed by atoms with E-state index in [0.717, 1.165) is 0 Å². The number of rotatable bonds is 8. The minimum absolute atomic E-state index is 0.174. The minimum atomic E-state index is -0.905. The predicted molar refractivity (Wildman–Crippen MR) is 116 cm³/mol. The monoisotopic (exact) mass is 448 g/mol. The maximum atomic E-state index is 12.0. The molecule has 30 heavy (non-hydrogen) atoms. The van der Waals surface area contributed by atoms with Crippen molar-refractivity contribution in [1.29, 1.82) is 0 Å². The number of nitrogens with one attached hydrogen (secondary N) is 3. The molecule has 0 aliphatic heterocycles. The van der Waals surface area contributed by atoms with Crippen LogP contribution in [-0.2, 0) is 14.4 Å². The molecule has 3 amide bonds. The summed E-state index contributed by atoms with van der Waals surface area (Å²) in [6.07, 6.45) is 2.78. The van der Waals surface area contributed by atoms with E-state index in [4.69, 9.17) is 27.9 Å². The third-order valence-electron chi connectivity index (χ3n) is 3.43. The molecular formula is C20H18Cl2N4O4. The molecule has 0 aliphatic carbocycles. The standard InChI is InChI=1S/C20H18Cl2N4O4/c1-2-8-23-19(28)20(29)26-24-11-13-4-3-5-15(9-13)30-12-18(27)25-17-7-6-14(21)10-16(17)22/h2-7,9-11H,1,8,12H2,(H,23,28)(H,25,27)(H,26,29)/b24-11-. The zero-order chi connectivity index (χ0) is 21.9. The van der Waals surface area contributed by atoms with Gasteiger partial charge in [-0.1, -0.05) is 41.4 Å². The first-order chi connectivity index (χ1) is 14.4. The molecule has 0 unspecified atom stereocenters. The summed E-state index contributed by atoms with van der Waals surface area (Å²) >= 11 is 11.8. The molecule has 0 aliphatic rings. The van der Waals surface area contributed by atoms with Crippen LogP contribution in [0.3, 0.4) is 0 Å². The van der Waals surface area contributed by atoms with Crippen LogP contribution in [-0.4, -0.2) is 37.1 Å². The molecule has 0 aromatic heterocycles. The van der Waals surface area contributed by atoms with Crippen LogP contribution in [0.2, 0.25) is 10.0 Å². The third kappa shape index (κ3) is 7.57. The highest BCUT2D eigenvalue weighted by Crippen LogP contribution is 2.25. The average Bonchev–Trinajstić information content (AvgIpc) is 2.72. The molecule has 2 aromatic rings. The Morgan fingerprint density at radius 1 is 1.10 bits per heavy atom. The van der Waals surface area contributed by atoms with Crippen LogP contribution in [0.5, 0.6) is 5.75 Å². The summed E-state index contributed by atoms with van der Waals surface area (Å²) in [6.45, 7) is 3.36. The highest BCUT2D eigenvalue weighted by atomic mass is 35.5. The third-order valence-corrected chi connectivity index (χ3v) is 3.97. The lowest BCUT2D eigenvalue weighted by Crippen LogP contribution is -2.37. The lowest BCUT2D eigenvalue weighted by molar-refractivity contribution is -0.139. The van der Waals surface area contributed by atoms with E-state index in [9.17, 15) is 14.4 Å². The maximum absolute atomic E-state index is 12.0. The second kappa shape index (κ2) is 11.6. The molecular weight excluding hydrogens is 431 g/mol. The first-order valence-electron chi connectivity index (χ1n) is 8.59. The van der Waals surface area contributed by atoms with Gasteiger partial charge in [0.15, 0.2) is 6.61 Å². The van der Waals surface area contributed by atoms with Crippen LogP contribution < -0.4 is 20.8 Å². The van der Waals surface area contributed by atoms with Crippen molar-refractivity contribution in [2.45, 2.75) is 0 Å². The highest BCUT2D eigenvalue weighted by Gasteiger charge is 2.10. The van der Waals surface area contributed by atoms with Crippen molar-refractivity contribution in [2.75, 3.05) is 18.5 Å². The second-order valence-electron chi connectivity index (χ2n) is 5.73. The maximum Gasteiger partial charge on any atom is 0.329 e. The number of halogens is 2. The van der Waals surface area contributed by atoms with Gasteiger partial charge < -0.3 is 15.4 Å². The van der Waals surface area contributed by atoms with Gasteiger partial charge in [-0.25, -0.2) is 5.43 Å². The van der Waals surface area contributed by atoms with Crippen LogP contribution >= 0.6 is 23.2 Å². The van der Waals surface area contributed by atoms with Crippen molar-refractivity contribution in [2.24, 2.45) is 5.10 Å². The zero-order valence-electron chi connectivity index (χ0n) is 15.7. The molecule has 0 saturated heterocycles. The Labute approximate surface area is 182 Å². The fraction of sp³-hybridized carbons (Fsp3) is 0.100. The number of carbonyl (C=O) groups excluding carboxylic acids is 3. The largest absolute Gasteiger partial charge is 0.484 e. The number of nitrogens with zero attached hydrogens (tertiary/aromatic N) is 1. The Bertz CT molecular complexity index is 979. The van der Waals surface area contributed by atoms with Crippen molar-refractivity contribution in [3.8, 4) is 5.75 Å². The first kappa shape index (κ1) is 22.9. The second-order valence-corrected chi connectivity index (χ2v) is 6.57. The smallest absolute Gasteiger partial charge is 0.329 e. The Kier molecular flexibility index (Phi) is 8.86. The van der Waals surface area contributed by atoms with Crippen molar-refractivity contribution in [3.63, 3.8) is 0 Å². The van der Waals surface area contributed by atoms with Crippen LogP contribution in [0.4, 0.5) is 5.69 Å². The van der Waals surface area contributed by atoms with Gasteiger partial charge in [0.2, 0.25) is 0 Å². The number of hydrazone groups is 1. The van der Waals surface area contributed by atoms with Gasteiger partial charge in [-0.3, -0.25) is 14.4 Å². The number of anilines is 1. The van der Waals surface area contributed by atoms with Gasteiger partial charge in [-0.05, 0) is 35.9 Å². The van der Waals surface area contributed by atoms with E-state index < -0.39 is 17.7 Å². The molecule has 156 valence electrons. The van der Waals surface area contributed by atoms with Crippen LogP contribution in [0.1, 0.15) is 5.56 Å². The van der Waals surface area contributed by atoms with E-state index in [1.54, 1.807) is 36.4 Å². The molecule has 0 spiro atoms. The Hall–Kier alpha value is -3.36. The van der Waals surface area contributed by atoms with E-state index in [1.165, 1.54) is 18.4 Å². The quantitative estimate of drug-likeness (QED) is 0.249. The van der Waals surface area contributed by atoms with Crippen molar-refractivity contribution in [1.82, 2.24) is 10.7 Å². The number of benzene rings is 2. The Morgan fingerprint density at radius 2 is 1.90 bits per heavy atom. The topological polar surface area (TPSA) is 109 Å². The van der Waals surface area contributed by atoms with Gasteiger partial charge >= 0.3 is 11.8 Å².